The van der Waals surface area contributed by atoms with Crippen molar-refractivity contribution in [2.24, 2.45) is 10.8 Å². The van der Waals surface area contributed by atoms with Crippen molar-refractivity contribution in [3.8, 4) is 0 Å². The van der Waals surface area contributed by atoms with E-state index in [1.807, 2.05) is 0 Å². The topological polar surface area (TPSA) is 59.6 Å². The number of amides is 1. The molecule has 0 bridgehead atoms. The molecule has 3 fully saturated rings. The van der Waals surface area contributed by atoms with Gasteiger partial charge in [-0.3, -0.25) is 4.79 Å². The van der Waals surface area contributed by atoms with Crippen molar-refractivity contribution in [3.63, 3.8) is 0 Å². The summed E-state index contributed by atoms with van der Waals surface area (Å²) >= 11 is 0. The first kappa shape index (κ1) is 20.0. The number of nitrogens with one attached hydrogen (secondary N) is 2. The van der Waals surface area contributed by atoms with Gasteiger partial charge in [-0.2, -0.15) is 0 Å². The summed E-state index contributed by atoms with van der Waals surface area (Å²) in [5.74, 6) is 0.201. The second-order valence-corrected chi connectivity index (χ2v) is 7.61. The van der Waals surface area contributed by atoms with Gasteiger partial charge >= 0.3 is 0 Å². The largest absolute Gasteiger partial charge is 0.384 e. The third-order valence-electron chi connectivity index (χ3n) is 6.46. The number of ether oxygens (including phenoxy) is 2. The van der Waals surface area contributed by atoms with Crippen LogP contribution in [0.25, 0.3) is 0 Å². The van der Waals surface area contributed by atoms with E-state index in [4.69, 9.17) is 9.47 Å². The van der Waals surface area contributed by atoms with Crippen LogP contribution in [0.3, 0.4) is 0 Å². The maximum absolute atomic E-state index is 13.1. The molecule has 0 aromatic carbocycles. The van der Waals surface area contributed by atoms with Crippen LogP contribution >= 0.6 is 12.4 Å². The van der Waals surface area contributed by atoms with Gasteiger partial charge in [-0.25, -0.2) is 0 Å². The SMILES string of the molecule is CCOC1CC(NC(=O)C2(COC)CCNCC2)C12CCCC2.Cl. The molecule has 1 amide bonds. The second-order valence-electron chi connectivity index (χ2n) is 7.61. The van der Waals surface area contributed by atoms with Gasteiger partial charge in [0.2, 0.25) is 5.91 Å². The minimum absolute atomic E-state index is 0. The smallest absolute Gasteiger partial charge is 0.228 e. The van der Waals surface area contributed by atoms with Crippen LogP contribution in [-0.4, -0.2) is 51.5 Å². The molecule has 0 radical (unpaired) electrons. The third-order valence-corrected chi connectivity index (χ3v) is 6.46. The molecular weight excluding hydrogens is 328 g/mol. The normalized spacial score (nSPS) is 30.4. The van der Waals surface area contributed by atoms with Crippen LogP contribution in [0, 0.1) is 10.8 Å². The summed E-state index contributed by atoms with van der Waals surface area (Å²) in [6, 6.07) is 0.290. The van der Waals surface area contributed by atoms with Crippen molar-refractivity contribution in [2.45, 2.75) is 64.0 Å². The molecule has 24 heavy (non-hydrogen) atoms. The molecule has 0 aromatic heterocycles. The van der Waals surface area contributed by atoms with Crippen molar-refractivity contribution in [1.82, 2.24) is 10.6 Å². The fraction of sp³-hybridized carbons (Fsp3) is 0.944. The van der Waals surface area contributed by atoms with Crippen LogP contribution < -0.4 is 10.6 Å². The van der Waals surface area contributed by atoms with E-state index in [1.54, 1.807) is 7.11 Å². The van der Waals surface area contributed by atoms with E-state index in [0.717, 1.165) is 39.0 Å². The zero-order valence-corrected chi connectivity index (χ0v) is 15.9. The third kappa shape index (κ3) is 3.46. The molecule has 6 heteroatoms. The van der Waals surface area contributed by atoms with E-state index < -0.39 is 0 Å². The number of hydrogen-bond donors (Lipinski definition) is 2. The highest BCUT2D eigenvalue weighted by Crippen LogP contribution is 2.55. The molecule has 1 spiro atoms. The molecular formula is C18H33ClN2O3. The zero-order chi connectivity index (χ0) is 16.3. The van der Waals surface area contributed by atoms with Gasteiger partial charge in [-0.15, -0.1) is 12.4 Å². The predicted octanol–water partition coefficient (Wildman–Crippen LogP) is 2.28. The van der Waals surface area contributed by atoms with Crippen molar-refractivity contribution < 1.29 is 14.3 Å². The van der Waals surface area contributed by atoms with E-state index in [0.29, 0.717) is 12.7 Å². The molecule has 140 valence electrons. The van der Waals surface area contributed by atoms with Crippen molar-refractivity contribution in [3.05, 3.63) is 0 Å². The first-order valence-corrected chi connectivity index (χ1v) is 9.29. The van der Waals surface area contributed by atoms with E-state index >= 15 is 0 Å². The number of rotatable bonds is 6. The number of halogens is 1. The lowest BCUT2D eigenvalue weighted by Crippen LogP contribution is -2.66. The Morgan fingerprint density at radius 2 is 1.88 bits per heavy atom. The fourth-order valence-corrected chi connectivity index (χ4v) is 5.02. The number of hydrogen-bond acceptors (Lipinski definition) is 4. The Balaban J connectivity index is 0.00000208. The molecule has 3 rings (SSSR count). The van der Waals surface area contributed by atoms with Gasteiger partial charge in [0, 0.05) is 25.2 Å². The molecule has 2 atom stereocenters. The fourth-order valence-electron chi connectivity index (χ4n) is 5.02. The monoisotopic (exact) mass is 360 g/mol. The summed E-state index contributed by atoms with van der Waals surface area (Å²) < 4.78 is 11.4. The summed E-state index contributed by atoms with van der Waals surface area (Å²) in [4.78, 5) is 13.1. The average molecular weight is 361 g/mol. The highest BCUT2D eigenvalue weighted by atomic mass is 35.5. The summed E-state index contributed by atoms with van der Waals surface area (Å²) in [6.45, 7) is 5.15. The van der Waals surface area contributed by atoms with Gasteiger partial charge < -0.3 is 20.1 Å². The van der Waals surface area contributed by atoms with Crippen molar-refractivity contribution in [2.75, 3.05) is 33.4 Å². The second kappa shape index (κ2) is 8.35. The molecule has 1 aliphatic heterocycles. The lowest BCUT2D eigenvalue weighted by atomic mass is 9.60. The average Bonchev–Trinajstić information content (AvgIpc) is 3.08. The Morgan fingerprint density at radius 1 is 1.21 bits per heavy atom. The van der Waals surface area contributed by atoms with Crippen LogP contribution in [0.2, 0.25) is 0 Å². The summed E-state index contributed by atoms with van der Waals surface area (Å²) in [7, 11) is 1.70. The molecule has 1 heterocycles. The number of piperidine rings is 1. The van der Waals surface area contributed by atoms with Crippen LogP contribution in [-0.2, 0) is 14.3 Å². The van der Waals surface area contributed by atoms with E-state index in [1.165, 1.54) is 25.7 Å². The summed E-state index contributed by atoms with van der Waals surface area (Å²) in [5.41, 5.74) is -0.149. The lowest BCUT2D eigenvalue weighted by Gasteiger charge is -2.54. The standard InChI is InChI=1S/C18H32N2O3.ClH/c1-3-23-15-12-14(18(15)6-4-5-7-18)20-16(21)17(13-22-2)8-10-19-11-9-17;/h14-15,19H,3-13H2,1-2H3,(H,20,21);1H. The number of methoxy groups -OCH3 is 1. The minimum Gasteiger partial charge on any atom is -0.384 e. The Labute approximate surface area is 152 Å². The van der Waals surface area contributed by atoms with Crippen LogP contribution in [0.15, 0.2) is 0 Å². The van der Waals surface area contributed by atoms with Crippen LogP contribution in [0.5, 0.6) is 0 Å². The van der Waals surface area contributed by atoms with Crippen LogP contribution in [0.1, 0.15) is 51.9 Å². The van der Waals surface area contributed by atoms with Crippen LogP contribution in [0.4, 0.5) is 0 Å². The highest BCUT2D eigenvalue weighted by molar-refractivity contribution is 5.85. The molecule has 0 aromatic rings. The first-order valence-electron chi connectivity index (χ1n) is 9.29. The quantitative estimate of drug-likeness (QED) is 0.763. The number of carbonyl (C=O) groups is 1. The van der Waals surface area contributed by atoms with Gasteiger partial charge in [-0.05, 0) is 52.1 Å². The summed E-state index contributed by atoms with van der Waals surface area (Å²) in [6.07, 6.45) is 7.96. The molecule has 2 N–H and O–H groups in total. The predicted molar refractivity (Wildman–Crippen MR) is 96.5 cm³/mol. The van der Waals surface area contributed by atoms with Gasteiger partial charge in [0.25, 0.3) is 0 Å². The van der Waals surface area contributed by atoms with E-state index in [-0.39, 0.29) is 35.2 Å². The van der Waals surface area contributed by atoms with Gasteiger partial charge in [0.05, 0.1) is 18.1 Å². The summed E-state index contributed by atoms with van der Waals surface area (Å²) in [5, 5.41) is 6.76. The van der Waals surface area contributed by atoms with Crippen molar-refractivity contribution >= 4 is 18.3 Å². The van der Waals surface area contributed by atoms with Crippen molar-refractivity contribution in [1.29, 1.82) is 0 Å². The number of carbonyl (C=O) groups excluding carboxylic acids is 1. The maximum atomic E-state index is 13.1. The maximum Gasteiger partial charge on any atom is 0.228 e. The van der Waals surface area contributed by atoms with Gasteiger partial charge in [0.1, 0.15) is 0 Å². The molecule has 2 aliphatic carbocycles. The molecule has 1 saturated heterocycles. The Bertz CT molecular complexity index is 415. The van der Waals surface area contributed by atoms with E-state index in [9.17, 15) is 4.79 Å². The Hall–Kier alpha value is -0.360. The highest BCUT2D eigenvalue weighted by Gasteiger charge is 2.58. The van der Waals surface area contributed by atoms with Gasteiger partial charge in [0.15, 0.2) is 0 Å². The Morgan fingerprint density at radius 3 is 2.46 bits per heavy atom. The molecule has 3 aliphatic rings. The Kier molecular flexibility index (Phi) is 6.94. The zero-order valence-electron chi connectivity index (χ0n) is 15.1. The lowest BCUT2D eigenvalue weighted by molar-refractivity contribution is -0.153. The van der Waals surface area contributed by atoms with Gasteiger partial charge in [-0.1, -0.05) is 12.8 Å². The molecule has 5 nitrogen and oxygen atoms in total. The van der Waals surface area contributed by atoms with E-state index in [2.05, 4.69) is 17.6 Å². The molecule has 2 saturated carbocycles. The molecule has 2 unspecified atom stereocenters. The minimum atomic E-state index is -0.351. The first-order chi connectivity index (χ1) is 11.2.